The number of hydrogen-bond donors (Lipinski definition) is 0. The summed E-state index contributed by atoms with van der Waals surface area (Å²) in [5, 5.41) is 0. The van der Waals surface area contributed by atoms with Gasteiger partial charge in [0.25, 0.3) is 0 Å². The molecule has 276 valence electrons. The van der Waals surface area contributed by atoms with E-state index in [1.807, 2.05) is 36.4 Å². The number of esters is 4. The Labute approximate surface area is 302 Å². The Hall–Kier alpha value is -3.76. The predicted octanol–water partition coefficient (Wildman–Crippen LogP) is 6.55. The van der Waals surface area contributed by atoms with Gasteiger partial charge in [-0.05, 0) is 30.7 Å². The summed E-state index contributed by atoms with van der Waals surface area (Å²) >= 11 is 0. The summed E-state index contributed by atoms with van der Waals surface area (Å²) in [5.74, 6) is 0.245. The summed E-state index contributed by atoms with van der Waals surface area (Å²) in [5.41, 5.74) is 2.29. The average molecular weight is 705 g/mol. The minimum Gasteiger partial charge on any atom is -0.462 e. The summed E-state index contributed by atoms with van der Waals surface area (Å²) < 4.78 is 24.7. The molecule has 2 aromatic carbocycles. The maximum Gasteiger partial charge on any atom is 0.310 e. The van der Waals surface area contributed by atoms with E-state index in [1.54, 1.807) is 13.8 Å². The molecule has 10 nitrogen and oxygen atoms in total. The van der Waals surface area contributed by atoms with Gasteiger partial charge in [0.1, 0.15) is 36.8 Å². The Morgan fingerprint density at radius 2 is 0.961 bits per heavy atom. The van der Waals surface area contributed by atoms with Crippen molar-refractivity contribution in [2.75, 3.05) is 14.1 Å². The molecule has 4 saturated heterocycles. The van der Waals surface area contributed by atoms with E-state index in [9.17, 15) is 19.2 Å². The molecule has 6 rings (SSSR count). The molecule has 4 aliphatic rings. The molecular weight excluding hydrogens is 648 g/mol. The van der Waals surface area contributed by atoms with Crippen LogP contribution in [-0.2, 0) is 41.7 Å². The average Bonchev–Trinajstić information content (AvgIpc) is 3.33. The quantitative estimate of drug-likeness (QED) is 0.124. The van der Waals surface area contributed by atoms with Gasteiger partial charge in [0, 0.05) is 88.2 Å². The second-order valence-electron chi connectivity index (χ2n) is 15.8. The first kappa shape index (κ1) is 37.0. The Morgan fingerprint density at radius 1 is 0.588 bits per heavy atom. The van der Waals surface area contributed by atoms with Gasteiger partial charge in [0.2, 0.25) is 0 Å². The number of hydrogen-bond acceptors (Lipinski definition) is 8. The molecule has 4 aliphatic heterocycles. The Kier molecular flexibility index (Phi) is 11.5. The largest absolute Gasteiger partial charge is 0.462 e. The maximum absolute atomic E-state index is 12.9. The van der Waals surface area contributed by atoms with Gasteiger partial charge in [0.15, 0.2) is 0 Å². The minimum atomic E-state index is -0.236. The lowest BCUT2D eigenvalue weighted by molar-refractivity contribution is -0.961. The summed E-state index contributed by atoms with van der Waals surface area (Å²) in [6.07, 6.45) is 9.13. The van der Waals surface area contributed by atoms with Crippen LogP contribution in [0.4, 0.5) is 0 Å². The summed E-state index contributed by atoms with van der Waals surface area (Å²) in [7, 11) is 4.61. The first-order valence-electron chi connectivity index (χ1n) is 19.1. The molecule has 10 heteroatoms. The van der Waals surface area contributed by atoms with Crippen LogP contribution in [0.25, 0.3) is 0 Å². The highest BCUT2D eigenvalue weighted by Gasteiger charge is 2.53. The molecular formula is C41H56N2O8+2. The van der Waals surface area contributed by atoms with Gasteiger partial charge in [0.05, 0.1) is 38.3 Å². The molecule has 4 bridgehead atoms. The van der Waals surface area contributed by atoms with Crippen LogP contribution in [0.2, 0.25) is 0 Å². The van der Waals surface area contributed by atoms with E-state index in [-0.39, 0.29) is 48.9 Å². The van der Waals surface area contributed by atoms with Crippen LogP contribution in [0.5, 0.6) is 11.5 Å². The number of carbonyl (C=O) groups excluding carboxylic acids is 4. The molecule has 8 atom stereocenters. The third-order valence-corrected chi connectivity index (χ3v) is 12.4. The third-order valence-electron chi connectivity index (χ3n) is 12.4. The van der Waals surface area contributed by atoms with Gasteiger partial charge in [-0.3, -0.25) is 19.2 Å². The van der Waals surface area contributed by atoms with Crippen molar-refractivity contribution in [2.24, 2.45) is 0 Å². The molecule has 2 aromatic rings. The van der Waals surface area contributed by atoms with Crippen LogP contribution < -0.4 is 9.47 Å². The first-order chi connectivity index (χ1) is 24.5. The second-order valence-corrected chi connectivity index (χ2v) is 15.8. The molecule has 0 N–H and O–H groups in total. The normalized spacial score (nSPS) is 30.7. The van der Waals surface area contributed by atoms with Crippen molar-refractivity contribution in [1.29, 1.82) is 0 Å². The van der Waals surface area contributed by atoms with Crippen LogP contribution in [0.15, 0.2) is 48.5 Å². The van der Waals surface area contributed by atoms with Crippen LogP contribution in [0.3, 0.4) is 0 Å². The van der Waals surface area contributed by atoms with Crippen molar-refractivity contribution in [1.82, 2.24) is 0 Å². The smallest absolute Gasteiger partial charge is 0.310 e. The lowest BCUT2D eigenvalue weighted by Crippen LogP contribution is -2.58. The molecule has 4 unspecified atom stereocenters. The van der Waals surface area contributed by atoms with Crippen molar-refractivity contribution in [2.45, 2.75) is 147 Å². The number of piperidine rings is 2. The highest BCUT2D eigenvalue weighted by molar-refractivity contribution is 5.73. The SMILES string of the molecule is CCC(=O)Oc1cccc(C[N+]2(C)[C@@H]3CC[C@H]2CC(OC(=O)CCCC(=O)OC2C[C@H]4CC[C@@H](C2)[N+]4(C)Cc2cccc(OC(=O)CC)c2)C3)c1. The van der Waals surface area contributed by atoms with E-state index in [0.29, 0.717) is 54.9 Å². The van der Waals surface area contributed by atoms with Gasteiger partial charge < -0.3 is 27.9 Å². The molecule has 0 saturated carbocycles. The van der Waals surface area contributed by atoms with E-state index in [0.717, 1.165) is 84.5 Å². The van der Waals surface area contributed by atoms with Gasteiger partial charge in [-0.25, -0.2) is 0 Å². The number of rotatable bonds is 14. The zero-order valence-electron chi connectivity index (χ0n) is 30.8. The molecule has 4 fully saturated rings. The van der Waals surface area contributed by atoms with Gasteiger partial charge >= 0.3 is 23.9 Å². The Bertz CT molecular complexity index is 1450. The zero-order chi connectivity index (χ0) is 36.2. The zero-order valence-corrected chi connectivity index (χ0v) is 30.8. The predicted molar refractivity (Wildman–Crippen MR) is 190 cm³/mol. The molecule has 4 heterocycles. The monoisotopic (exact) mass is 704 g/mol. The number of carbonyl (C=O) groups is 4. The van der Waals surface area contributed by atoms with Crippen molar-refractivity contribution in [3.63, 3.8) is 0 Å². The van der Waals surface area contributed by atoms with Crippen molar-refractivity contribution in [3.8, 4) is 11.5 Å². The molecule has 0 spiro atoms. The van der Waals surface area contributed by atoms with Crippen LogP contribution in [-0.4, -0.2) is 83.3 Å². The number of benzene rings is 2. The summed E-state index contributed by atoms with van der Waals surface area (Å²) in [6.45, 7) is 5.28. The highest BCUT2D eigenvalue weighted by Crippen LogP contribution is 2.45. The fourth-order valence-electron chi connectivity index (χ4n) is 9.57. The molecule has 0 aromatic heterocycles. The van der Waals surface area contributed by atoms with Crippen LogP contribution >= 0.6 is 0 Å². The van der Waals surface area contributed by atoms with E-state index in [2.05, 4.69) is 26.2 Å². The van der Waals surface area contributed by atoms with Crippen LogP contribution in [0.1, 0.15) is 108 Å². The number of quaternary nitrogens is 2. The van der Waals surface area contributed by atoms with E-state index in [4.69, 9.17) is 18.9 Å². The fourth-order valence-corrected chi connectivity index (χ4v) is 9.57. The highest BCUT2D eigenvalue weighted by atomic mass is 16.6. The molecule has 0 radical (unpaired) electrons. The molecule has 0 amide bonds. The van der Waals surface area contributed by atoms with E-state index in [1.165, 1.54) is 0 Å². The standard InChI is InChI=1S/C41H56N2O8/c1-5-38(44)48-34-12-7-10-28(20-34)26-42(3)30-16-17-31(42)23-36(22-30)50-40(46)14-9-15-41(47)51-37-24-32-18-19-33(25-37)43(32,4)27-29-11-8-13-35(21-29)49-39(45)6-2/h7-8,10-13,20-21,30-33,36-37H,5-6,9,14-19,22-27H2,1-4H3/q+2/t30-,31+,32-,33+,36?,37?,42?,43?. The summed E-state index contributed by atoms with van der Waals surface area (Å²) in [6, 6.07) is 17.3. The van der Waals surface area contributed by atoms with Crippen molar-refractivity contribution in [3.05, 3.63) is 59.7 Å². The fraction of sp³-hybridized carbons (Fsp3) is 0.610. The summed E-state index contributed by atoms with van der Waals surface area (Å²) in [4.78, 5) is 49.3. The van der Waals surface area contributed by atoms with Crippen molar-refractivity contribution < 1.29 is 47.1 Å². The van der Waals surface area contributed by atoms with E-state index < -0.39 is 0 Å². The van der Waals surface area contributed by atoms with Crippen LogP contribution in [0, 0.1) is 0 Å². The maximum atomic E-state index is 12.9. The Balaban J connectivity index is 0.918. The first-order valence-corrected chi connectivity index (χ1v) is 19.1. The van der Waals surface area contributed by atoms with Gasteiger partial charge in [-0.1, -0.05) is 38.1 Å². The lowest BCUT2D eigenvalue weighted by atomic mass is 9.95. The lowest BCUT2D eigenvalue weighted by Gasteiger charge is -2.47. The number of ether oxygens (including phenoxy) is 4. The van der Waals surface area contributed by atoms with Crippen molar-refractivity contribution >= 4 is 23.9 Å². The minimum absolute atomic E-state index is 0.0935. The molecule has 0 aliphatic carbocycles. The Morgan fingerprint density at radius 3 is 1.31 bits per heavy atom. The van der Waals surface area contributed by atoms with Gasteiger partial charge in [-0.15, -0.1) is 0 Å². The topological polar surface area (TPSA) is 105 Å². The molecule has 51 heavy (non-hydrogen) atoms. The van der Waals surface area contributed by atoms with E-state index >= 15 is 0 Å². The second kappa shape index (κ2) is 15.9. The van der Waals surface area contributed by atoms with Gasteiger partial charge in [-0.2, -0.15) is 0 Å². The number of nitrogens with zero attached hydrogens (tertiary/aromatic N) is 2. The number of fused-ring (bicyclic) bond motifs is 4. The third kappa shape index (κ3) is 8.66.